The van der Waals surface area contributed by atoms with Crippen LogP contribution in [-0.4, -0.2) is 172 Å². The second kappa shape index (κ2) is 23.1. The first-order valence-electron chi connectivity index (χ1n) is 28.8. The van der Waals surface area contributed by atoms with Crippen molar-refractivity contribution in [3.63, 3.8) is 0 Å². The number of aromatic nitrogens is 8. The van der Waals surface area contributed by atoms with Crippen LogP contribution >= 0.6 is 0 Å². The van der Waals surface area contributed by atoms with Gasteiger partial charge >= 0.3 is 6.09 Å². The number of likely N-dealkylation sites (tertiary alicyclic amines) is 1. The number of carbonyl (C=O) groups excluding carboxylic acids is 5. The van der Waals surface area contributed by atoms with Gasteiger partial charge in [-0.2, -0.15) is 9.97 Å². The summed E-state index contributed by atoms with van der Waals surface area (Å²) in [6, 6.07) is 21.4. The van der Waals surface area contributed by atoms with E-state index in [1.54, 1.807) is 85.9 Å². The number of ether oxygens (including phenoxy) is 1. The van der Waals surface area contributed by atoms with Gasteiger partial charge in [0.25, 0.3) is 23.6 Å². The highest BCUT2D eigenvalue weighted by Crippen LogP contribution is 2.38. The van der Waals surface area contributed by atoms with Gasteiger partial charge in [-0.1, -0.05) is 56.0 Å². The lowest BCUT2D eigenvalue weighted by molar-refractivity contribution is 0.0334. The van der Waals surface area contributed by atoms with Crippen molar-refractivity contribution in [2.75, 3.05) is 65.0 Å². The van der Waals surface area contributed by atoms with Crippen LogP contribution in [0, 0.1) is 0 Å². The number of benzene rings is 1. The molecule has 6 aromatic heterocycles. The van der Waals surface area contributed by atoms with E-state index in [0.717, 1.165) is 118 Å². The SMILES string of the molecule is CN(C)C(=O)c1cc2cnc(Nc3ccc(C(=O)N4C5CCC4CN(C(=O)OCc4ccccc4)C5)cn3)nc2n1C1CCCC1.CN(C)C(=O)c1cc2cnc(Nc3ccc(C(=O)N4C5CCC4CNC5)cn3)nc2n1C1CCCC1. The predicted octanol–water partition coefficient (Wildman–Crippen LogP) is 7.98. The summed E-state index contributed by atoms with van der Waals surface area (Å²) in [4.78, 5) is 102. The molecule has 22 heteroatoms. The maximum absolute atomic E-state index is 13.6. The number of piperazine rings is 2. The summed E-state index contributed by atoms with van der Waals surface area (Å²) in [6.45, 7) is 2.85. The summed E-state index contributed by atoms with van der Waals surface area (Å²) >= 11 is 0. The molecule has 4 atom stereocenters. The molecule has 4 aliphatic heterocycles. The lowest BCUT2D eigenvalue weighted by atomic mass is 10.1. The van der Waals surface area contributed by atoms with Crippen molar-refractivity contribution in [3.8, 4) is 0 Å². The van der Waals surface area contributed by atoms with Gasteiger partial charge in [0, 0.05) is 114 Å². The Morgan fingerprint density at radius 2 is 1.00 bits per heavy atom. The minimum Gasteiger partial charge on any atom is -0.445 e. The van der Waals surface area contributed by atoms with E-state index in [1.165, 1.54) is 0 Å². The number of hydrogen-bond donors (Lipinski definition) is 3. The van der Waals surface area contributed by atoms with E-state index in [-0.39, 0.29) is 72.6 Å². The normalized spacial score (nSPS) is 20.5. The zero-order valence-electron chi connectivity index (χ0n) is 46.9. The summed E-state index contributed by atoms with van der Waals surface area (Å²) in [5.74, 6) is 1.73. The third-order valence-electron chi connectivity index (χ3n) is 17.1. The van der Waals surface area contributed by atoms with Gasteiger partial charge in [-0.15, -0.1) is 0 Å². The van der Waals surface area contributed by atoms with E-state index in [2.05, 4.69) is 45.0 Å². The first-order valence-corrected chi connectivity index (χ1v) is 28.8. The Bertz CT molecular complexity index is 3470. The molecule has 7 aromatic rings. The van der Waals surface area contributed by atoms with Crippen LogP contribution < -0.4 is 16.0 Å². The zero-order chi connectivity index (χ0) is 56.6. The topological polar surface area (TPSA) is 234 Å². The first-order chi connectivity index (χ1) is 39.8. The minimum atomic E-state index is -0.346. The third-order valence-corrected chi connectivity index (χ3v) is 17.1. The average molecular weight is 1110 g/mol. The largest absolute Gasteiger partial charge is 0.445 e. The molecule has 5 amide bonds. The fourth-order valence-corrected chi connectivity index (χ4v) is 13.0. The Kier molecular flexibility index (Phi) is 15.3. The first kappa shape index (κ1) is 54.1. The molecule has 2 saturated carbocycles. The van der Waals surface area contributed by atoms with Crippen molar-refractivity contribution in [1.82, 2.24) is 68.9 Å². The van der Waals surface area contributed by atoms with E-state index in [4.69, 9.17) is 14.7 Å². The molecule has 3 N–H and O–H groups in total. The molecule has 2 aliphatic carbocycles. The van der Waals surface area contributed by atoms with Gasteiger partial charge in [-0.3, -0.25) is 19.2 Å². The van der Waals surface area contributed by atoms with Crippen molar-refractivity contribution in [3.05, 3.63) is 120 Å². The molecule has 10 heterocycles. The zero-order valence-corrected chi connectivity index (χ0v) is 46.9. The molecule has 4 bridgehead atoms. The van der Waals surface area contributed by atoms with Crippen molar-refractivity contribution >= 4 is 75.3 Å². The molecule has 13 rings (SSSR count). The summed E-state index contributed by atoms with van der Waals surface area (Å²) in [5.41, 5.74) is 4.77. The van der Waals surface area contributed by atoms with Gasteiger partial charge in [0.1, 0.15) is 40.9 Å². The van der Waals surface area contributed by atoms with E-state index in [1.807, 2.05) is 58.3 Å². The Morgan fingerprint density at radius 1 is 0.549 bits per heavy atom. The summed E-state index contributed by atoms with van der Waals surface area (Å²) in [7, 11) is 7.05. The quantitative estimate of drug-likeness (QED) is 0.105. The lowest BCUT2D eigenvalue weighted by Crippen LogP contribution is -2.57. The highest BCUT2D eigenvalue weighted by Gasteiger charge is 2.45. The summed E-state index contributed by atoms with van der Waals surface area (Å²) < 4.78 is 9.71. The number of nitrogens with zero attached hydrogens (tertiary/aromatic N) is 13. The number of nitrogens with one attached hydrogen (secondary N) is 3. The van der Waals surface area contributed by atoms with Gasteiger partial charge in [0.05, 0.1) is 23.2 Å². The average Bonchev–Trinajstić information content (AvgIpc) is 3.61. The van der Waals surface area contributed by atoms with Crippen LogP contribution in [-0.2, 0) is 11.3 Å². The van der Waals surface area contributed by atoms with E-state index >= 15 is 0 Å². The van der Waals surface area contributed by atoms with E-state index in [9.17, 15) is 24.0 Å². The Morgan fingerprint density at radius 3 is 1.44 bits per heavy atom. The maximum Gasteiger partial charge on any atom is 0.410 e. The summed E-state index contributed by atoms with van der Waals surface area (Å²) in [5, 5.41) is 11.4. The van der Waals surface area contributed by atoms with Gasteiger partial charge in [0.15, 0.2) is 0 Å². The molecule has 1 aromatic carbocycles. The molecule has 0 radical (unpaired) electrons. The molecule has 4 saturated heterocycles. The highest BCUT2D eigenvalue weighted by molar-refractivity contribution is 5.99. The maximum atomic E-state index is 13.6. The molecule has 426 valence electrons. The number of pyridine rings is 2. The van der Waals surface area contributed by atoms with Gasteiger partial charge < -0.3 is 54.3 Å². The van der Waals surface area contributed by atoms with Crippen LogP contribution in [0.5, 0.6) is 0 Å². The standard InChI is InChI=1S/C34H38N8O4.C26H32N8O2/c1-39(2)32(44)28-16-24-18-36-33(38-30(24)42(28)25-10-6-7-11-25)37-29-15-12-23(17-35-29)31(43)41-26-13-14-27(41)20-40(19-26)34(45)46-21-22-8-4-3-5-9-22;1-32(2)25(36)21-11-17-13-29-26(31-23(17)34(21)18-5-3-4-6-18)30-22-10-7-16(12-28-22)24(35)33-19-8-9-20(33)15-27-14-19/h3-5,8-9,12,15-18,25-27H,6-7,10-11,13-14,19-21H2,1-2H3,(H,35,36,37,38);7,10-13,18-20,27H,3-6,8-9,14-15H2,1-2H3,(H,28,29,30,31). The number of fused-ring (bicyclic) bond motifs is 6. The van der Waals surface area contributed by atoms with Crippen molar-refractivity contribution in [2.45, 2.75) is 120 Å². The van der Waals surface area contributed by atoms with E-state index < -0.39 is 0 Å². The smallest absolute Gasteiger partial charge is 0.410 e. The summed E-state index contributed by atoms with van der Waals surface area (Å²) in [6.07, 6.45) is 18.8. The van der Waals surface area contributed by atoms with Crippen molar-refractivity contribution in [2.24, 2.45) is 0 Å². The van der Waals surface area contributed by atoms with Crippen LogP contribution in [0.4, 0.5) is 28.3 Å². The van der Waals surface area contributed by atoms with Crippen LogP contribution in [0.3, 0.4) is 0 Å². The second-order valence-electron chi connectivity index (χ2n) is 22.9. The minimum absolute atomic E-state index is 0.0331. The fourth-order valence-electron chi connectivity index (χ4n) is 13.0. The molecular formula is C60H70N16O6. The van der Waals surface area contributed by atoms with Crippen LogP contribution in [0.25, 0.3) is 22.1 Å². The fraction of sp³-hybridized carbons (Fsp3) is 0.450. The Hall–Kier alpha value is -8.53. The number of anilines is 4. The molecular weight excluding hydrogens is 1040 g/mol. The third kappa shape index (κ3) is 10.9. The Labute approximate surface area is 475 Å². The molecule has 4 unspecified atom stereocenters. The monoisotopic (exact) mass is 1110 g/mol. The van der Waals surface area contributed by atoms with Crippen molar-refractivity contribution in [1.29, 1.82) is 0 Å². The van der Waals surface area contributed by atoms with Crippen LogP contribution in [0.1, 0.15) is 136 Å². The molecule has 6 aliphatic rings. The van der Waals surface area contributed by atoms with Crippen LogP contribution in [0.2, 0.25) is 0 Å². The second-order valence-corrected chi connectivity index (χ2v) is 22.9. The lowest BCUT2D eigenvalue weighted by Gasteiger charge is -2.40. The van der Waals surface area contributed by atoms with Crippen molar-refractivity contribution < 1.29 is 28.7 Å². The number of carbonyl (C=O) groups is 5. The number of hydrogen-bond acceptors (Lipinski definition) is 15. The predicted molar refractivity (Wildman–Crippen MR) is 308 cm³/mol. The van der Waals surface area contributed by atoms with Crippen LogP contribution in [0.15, 0.2) is 91.5 Å². The molecule has 82 heavy (non-hydrogen) atoms. The van der Waals surface area contributed by atoms with Gasteiger partial charge in [0.2, 0.25) is 11.9 Å². The number of rotatable bonds is 12. The molecule has 6 fully saturated rings. The van der Waals surface area contributed by atoms with E-state index in [0.29, 0.717) is 59.1 Å². The van der Waals surface area contributed by atoms with Gasteiger partial charge in [-0.25, -0.2) is 24.7 Å². The number of amides is 5. The molecule has 22 nitrogen and oxygen atoms in total. The van der Waals surface area contributed by atoms with Gasteiger partial charge in [-0.05, 0) is 93.3 Å². The highest BCUT2D eigenvalue weighted by atomic mass is 16.6. The molecule has 0 spiro atoms. The Balaban J connectivity index is 0.000000167.